The second-order valence-corrected chi connectivity index (χ2v) is 5.96. The van der Waals surface area contributed by atoms with Crippen LogP contribution in [0.5, 0.6) is 0 Å². The molecule has 1 aromatic rings. The van der Waals surface area contributed by atoms with Crippen molar-refractivity contribution in [1.29, 1.82) is 5.26 Å². The Morgan fingerprint density at radius 3 is 3.15 bits per heavy atom. The third-order valence-corrected chi connectivity index (χ3v) is 4.32. The second-order valence-electron chi connectivity index (χ2n) is 5.00. The van der Waals surface area contributed by atoms with Gasteiger partial charge in [0.25, 0.3) is 0 Å². The van der Waals surface area contributed by atoms with Gasteiger partial charge in [-0.25, -0.2) is 4.98 Å². The van der Waals surface area contributed by atoms with Crippen molar-refractivity contribution in [3.63, 3.8) is 0 Å². The Morgan fingerprint density at radius 2 is 2.45 bits per heavy atom. The molecule has 4 nitrogen and oxygen atoms in total. The first kappa shape index (κ1) is 14.9. The molecule has 0 amide bonds. The zero-order valence-corrected chi connectivity index (χ0v) is 12.6. The third kappa shape index (κ3) is 3.51. The number of carbonyl (C=O) groups is 1. The molecule has 0 N–H and O–H groups in total. The van der Waals surface area contributed by atoms with Crippen molar-refractivity contribution in [3.05, 3.63) is 22.9 Å². The van der Waals surface area contributed by atoms with Gasteiger partial charge in [-0.3, -0.25) is 4.79 Å². The Labute approximate surface area is 123 Å². The molecule has 1 aromatic heterocycles. The average Bonchev–Trinajstić information content (AvgIpc) is 2.44. The Morgan fingerprint density at radius 1 is 1.65 bits per heavy atom. The van der Waals surface area contributed by atoms with Crippen molar-refractivity contribution in [1.82, 2.24) is 4.98 Å². The predicted octanol–water partition coefficient (Wildman–Crippen LogP) is 2.73. The second kappa shape index (κ2) is 6.76. The van der Waals surface area contributed by atoms with Crippen LogP contribution in [0.25, 0.3) is 0 Å². The van der Waals surface area contributed by atoms with Crippen molar-refractivity contribution in [2.45, 2.75) is 38.1 Å². The summed E-state index contributed by atoms with van der Waals surface area (Å²) >= 11 is 1.29. The first-order valence-electron chi connectivity index (χ1n) is 6.85. The van der Waals surface area contributed by atoms with Crippen LogP contribution in [0.1, 0.15) is 37.1 Å². The number of esters is 1. The van der Waals surface area contributed by atoms with Crippen LogP contribution in [0.3, 0.4) is 0 Å². The van der Waals surface area contributed by atoms with E-state index in [-0.39, 0.29) is 11.7 Å². The Bertz CT molecular complexity index is 552. The number of nitriles is 1. The van der Waals surface area contributed by atoms with Crippen LogP contribution in [-0.2, 0) is 22.4 Å². The molecular formula is C15H18N2O2S. The molecule has 0 fully saturated rings. The number of rotatable bonds is 4. The number of carbonyl (C=O) groups excluding carboxylic acids is 1. The molecule has 0 spiro atoms. The van der Waals surface area contributed by atoms with Gasteiger partial charge in [0.15, 0.2) is 0 Å². The van der Waals surface area contributed by atoms with Crippen molar-refractivity contribution in [3.8, 4) is 6.07 Å². The van der Waals surface area contributed by atoms with Crippen molar-refractivity contribution >= 4 is 17.7 Å². The molecule has 1 heterocycles. The molecule has 0 aromatic carbocycles. The van der Waals surface area contributed by atoms with E-state index in [1.54, 1.807) is 6.92 Å². The highest BCUT2D eigenvalue weighted by Crippen LogP contribution is 2.29. The Hall–Kier alpha value is -1.54. The summed E-state index contributed by atoms with van der Waals surface area (Å²) in [5, 5.41) is 9.88. The zero-order chi connectivity index (χ0) is 14.5. The molecule has 5 heteroatoms. The molecular weight excluding hydrogens is 272 g/mol. The molecule has 1 aliphatic rings. The monoisotopic (exact) mass is 290 g/mol. The number of ether oxygens (including phenoxy) is 1. The van der Waals surface area contributed by atoms with Crippen LogP contribution in [0.2, 0.25) is 0 Å². The Kier molecular flexibility index (Phi) is 5.02. The quantitative estimate of drug-likeness (QED) is 0.630. The minimum atomic E-state index is -0.269. The van der Waals surface area contributed by atoms with Gasteiger partial charge in [-0.2, -0.15) is 5.26 Å². The van der Waals surface area contributed by atoms with Crippen LogP contribution in [0, 0.1) is 17.2 Å². The molecule has 0 saturated carbocycles. The summed E-state index contributed by atoms with van der Waals surface area (Å²) in [4.78, 5) is 16.0. The topological polar surface area (TPSA) is 63.0 Å². The van der Waals surface area contributed by atoms with E-state index in [0.717, 1.165) is 25.0 Å². The maximum Gasteiger partial charge on any atom is 0.316 e. The summed E-state index contributed by atoms with van der Waals surface area (Å²) in [6.45, 7) is 4.37. The van der Waals surface area contributed by atoms with E-state index in [4.69, 9.17) is 4.74 Å². The molecule has 0 bridgehead atoms. The van der Waals surface area contributed by atoms with Crippen LogP contribution < -0.4 is 0 Å². The number of thioether (sulfide) groups is 1. The molecule has 0 unspecified atom stereocenters. The molecule has 0 aliphatic heterocycles. The molecule has 1 atom stereocenters. The van der Waals surface area contributed by atoms with Crippen molar-refractivity contribution in [2.24, 2.45) is 5.92 Å². The highest BCUT2D eigenvalue weighted by Gasteiger charge is 2.19. The van der Waals surface area contributed by atoms with E-state index in [1.807, 2.05) is 6.07 Å². The van der Waals surface area contributed by atoms with E-state index in [0.29, 0.717) is 23.1 Å². The van der Waals surface area contributed by atoms with E-state index >= 15 is 0 Å². The van der Waals surface area contributed by atoms with Crippen LogP contribution in [0.4, 0.5) is 0 Å². The van der Waals surface area contributed by atoms with Gasteiger partial charge in [-0.05, 0) is 43.7 Å². The first-order chi connectivity index (χ1) is 9.63. The number of pyridine rings is 1. The number of aryl methyl sites for hydroxylation is 1. The van der Waals surface area contributed by atoms with Gasteiger partial charge in [0, 0.05) is 5.69 Å². The van der Waals surface area contributed by atoms with Crippen molar-refractivity contribution < 1.29 is 9.53 Å². The van der Waals surface area contributed by atoms with Crippen LogP contribution >= 0.6 is 11.8 Å². The number of nitrogens with zero attached hydrogens (tertiary/aromatic N) is 2. The lowest BCUT2D eigenvalue weighted by atomic mass is 9.87. The van der Waals surface area contributed by atoms with E-state index < -0.39 is 0 Å². The molecule has 1 aliphatic carbocycles. The molecule has 0 radical (unpaired) electrons. The minimum absolute atomic E-state index is 0.199. The fourth-order valence-electron chi connectivity index (χ4n) is 2.35. The van der Waals surface area contributed by atoms with Gasteiger partial charge >= 0.3 is 5.97 Å². The summed E-state index contributed by atoms with van der Waals surface area (Å²) in [6.07, 6.45) is 3.07. The maximum absolute atomic E-state index is 11.4. The average molecular weight is 290 g/mol. The summed E-state index contributed by atoms with van der Waals surface area (Å²) in [7, 11) is 0. The van der Waals surface area contributed by atoms with Gasteiger partial charge in [0.2, 0.25) is 0 Å². The standard InChI is InChI=1S/C15H18N2O2S/c1-3-19-14(18)9-20-15-12(8-16)7-11-6-10(2)4-5-13(11)17-15/h7,10H,3-6,9H2,1-2H3/t10-/m0/s1. The van der Waals surface area contributed by atoms with Gasteiger partial charge < -0.3 is 4.74 Å². The fourth-order valence-corrected chi connectivity index (χ4v) is 3.12. The Balaban J connectivity index is 2.17. The summed E-state index contributed by atoms with van der Waals surface area (Å²) in [5.74, 6) is 0.577. The summed E-state index contributed by atoms with van der Waals surface area (Å²) in [5.41, 5.74) is 2.82. The predicted molar refractivity (Wildman–Crippen MR) is 77.5 cm³/mol. The lowest BCUT2D eigenvalue weighted by molar-refractivity contribution is -0.139. The summed E-state index contributed by atoms with van der Waals surface area (Å²) in [6, 6.07) is 4.12. The van der Waals surface area contributed by atoms with E-state index in [1.165, 1.54) is 17.3 Å². The summed E-state index contributed by atoms with van der Waals surface area (Å²) < 4.78 is 4.89. The maximum atomic E-state index is 11.4. The van der Waals surface area contributed by atoms with Gasteiger partial charge in [0.05, 0.1) is 17.9 Å². The lowest BCUT2D eigenvalue weighted by Gasteiger charge is -2.21. The smallest absolute Gasteiger partial charge is 0.316 e. The fraction of sp³-hybridized carbons (Fsp3) is 0.533. The van der Waals surface area contributed by atoms with Crippen molar-refractivity contribution in [2.75, 3.05) is 12.4 Å². The molecule has 0 saturated heterocycles. The molecule has 20 heavy (non-hydrogen) atoms. The zero-order valence-electron chi connectivity index (χ0n) is 11.8. The first-order valence-corrected chi connectivity index (χ1v) is 7.84. The highest BCUT2D eigenvalue weighted by atomic mass is 32.2. The van der Waals surface area contributed by atoms with Gasteiger partial charge in [-0.15, -0.1) is 0 Å². The third-order valence-electron chi connectivity index (χ3n) is 3.35. The molecule has 2 rings (SSSR count). The minimum Gasteiger partial charge on any atom is -0.465 e. The van der Waals surface area contributed by atoms with Gasteiger partial charge in [0.1, 0.15) is 11.1 Å². The number of hydrogen-bond acceptors (Lipinski definition) is 5. The van der Waals surface area contributed by atoms with Crippen LogP contribution in [-0.4, -0.2) is 23.3 Å². The molecule has 106 valence electrons. The lowest BCUT2D eigenvalue weighted by Crippen LogP contribution is -2.14. The van der Waals surface area contributed by atoms with E-state index in [9.17, 15) is 10.1 Å². The SMILES string of the molecule is CCOC(=O)CSc1nc2c(cc1C#N)C[C@@H](C)CC2. The van der Waals surface area contributed by atoms with Crippen LogP contribution in [0.15, 0.2) is 11.1 Å². The highest BCUT2D eigenvalue weighted by molar-refractivity contribution is 7.99. The van der Waals surface area contributed by atoms with Gasteiger partial charge in [-0.1, -0.05) is 18.7 Å². The number of hydrogen-bond donors (Lipinski definition) is 0. The normalized spacial score (nSPS) is 17.1. The number of aromatic nitrogens is 1. The van der Waals surface area contributed by atoms with E-state index in [2.05, 4.69) is 18.0 Å². The number of fused-ring (bicyclic) bond motifs is 1. The largest absolute Gasteiger partial charge is 0.465 e.